The van der Waals surface area contributed by atoms with Crippen LogP contribution in [0, 0.1) is 11.8 Å². The van der Waals surface area contributed by atoms with Crippen molar-refractivity contribution in [2.75, 3.05) is 32.7 Å². The first-order chi connectivity index (χ1) is 13.0. The highest BCUT2D eigenvalue weighted by molar-refractivity contribution is 5.94. The molecule has 0 aromatic heterocycles. The molecule has 0 aliphatic carbocycles. The molecule has 1 saturated heterocycles. The first-order valence-corrected chi connectivity index (χ1v) is 10.4. The summed E-state index contributed by atoms with van der Waals surface area (Å²) in [5.74, 6) is 2.49. The number of nitrogens with zero attached hydrogens (tertiary/aromatic N) is 3. The van der Waals surface area contributed by atoms with E-state index in [4.69, 9.17) is 4.99 Å². The zero-order valence-electron chi connectivity index (χ0n) is 17.7. The van der Waals surface area contributed by atoms with Crippen LogP contribution in [-0.2, 0) is 6.54 Å². The summed E-state index contributed by atoms with van der Waals surface area (Å²) in [5, 5.41) is 3.44. The first kappa shape index (κ1) is 21.3. The van der Waals surface area contributed by atoms with E-state index in [-0.39, 0.29) is 5.91 Å². The molecule has 27 heavy (non-hydrogen) atoms. The van der Waals surface area contributed by atoms with E-state index in [0.717, 1.165) is 49.8 Å². The number of hydrogen-bond donors (Lipinski definition) is 1. The van der Waals surface area contributed by atoms with Gasteiger partial charge in [-0.3, -0.25) is 4.79 Å². The van der Waals surface area contributed by atoms with Crippen LogP contribution in [0.3, 0.4) is 0 Å². The molecule has 0 bridgehead atoms. The fourth-order valence-electron chi connectivity index (χ4n) is 3.87. The molecule has 0 radical (unpaired) electrons. The van der Waals surface area contributed by atoms with Gasteiger partial charge in [0.05, 0.1) is 6.54 Å². The van der Waals surface area contributed by atoms with E-state index in [1.54, 1.807) is 0 Å². The van der Waals surface area contributed by atoms with Crippen molar-refractivity contribution in [2.45, 2.75) is 47.6 Å². The van der Waals surface area contributed by atoms with E-state index in [2.05, 4.69) is 31.0 Å². The number of piperidine rings is 1. The van der Waals surface area contributed by atoms with Crippen LogP contribution in [0.2, 0.25) is 0 Å². The van der Waals surface area contributed by atoms with Crippen molar-refractivity contribution in [2.24, 2.45) is 16.8 Å². The van der Waals surface area contributed by atoms with Crippen LogP contribution in [0.25, 0.3) is 0 Å². The Labute approximate surface area is 164 Å². The van der Waals surface area contributed by atoms with Crippen LogP contribution in [0.4, 0.5) is 0 Å². The Morgan fingerprint density at radius 3 is 2.22 bits per heavy atom. The maximum Gasteiger partial charge on any atom is 0.253 e. The standard InChI is InChI=1S/C22H36N4O/c1-6-23-22(26-15-17(4)13-18(5)16-26)24-14-19-9-11-20(12-10-19)21(27)25(7-2)8-3/h9-12,17-18H,6-8,13-16H2,1-5H3,(H,23,24). The predicted molar refractivity (Wildman–Crippen MR) is 113 cm³/mol. The van der Waals surface area contributed by atoms with Crippen molar-refractivity contribution in [3.05, 3.63) is 35.4 Å². The highest BCUT2D eigenvalue weighted by Crippen LogP contribution is 2.21. The number of rotatable bonds is 6. The van der Waals surface area contributed by atoms with Gasteiger partial charge >= 0.3 is 0 Å². The molecule has 5 nitrogen and oxygen atoms in total. The highest BCUT2D eigenvalue weighted by atomic mass is 16.2. The second-order valence-electron chi connectivity index (χ2n) is 7.70. The van der Waals surface area contributed by atoms with Crippen molar-refractivity contribution in [3.63, 3.8) is 0 Å². The van der Waals surface area contributed by atoms with Gasteiger partial charge in [0.1, 0.15) is 0 Å². The SMILES string of the molecule is CCNC(=NCc1ccc(C(=O)N(CC)CC)cc1)N1CC(C)CC(C)C1. The zero-order valence-corrected chi connectivity index (χ0v) is 17.7. The van der Waals surface area contributed by atoms with Gasteiger partial charge in [-0.05, 0) is 56.7 Å². The second-order valence-corrected chi connectivity index (χ2v) is 7.70. The topological polar surface area (TPSA) is 47.9 Å². The summed E-state index contributed by atoms with van der Waals surface area (Å²) >= 11 is 0. The molecule has 150 valence electrons. The van der Waals surface area contributed by atoms with Gasteiger partial charge in [0.15, 0.2) is 5.96 Å². The minimum absolute atomic E-state index is 0.0969. The molecule has 0 saturated carbocycles. The lowest BCUT2D eigenvalue weighted by molar-refractivity contribution is 0.0773. The minimum Gasteiger partial charge on any atom is -0.357 e. The summed E-state index contributed by atoms with van der Waals surface area (Å²) in [6.07, 6.45) is 1.29. The fourth-order valence-corrected chi connectivity index (χ4v) is 3.87. The molecule has 2 atom stereocenters. The monoisotopic (exact) mass is 372 g/mol. The number of nitrogens with one attached hydrogen (secondary N) is 1. The highest BCUT2D eigenvalue weighted by Gasteiger charge is 2.23. The molecule has 1 aliphatic heterocycles. The van der Waals surface area contributed by atoms with Gasteiger partial charge in [-0.1, -0.05) is 26.0 Å². The summed E-state index contributed by atoms with van der Waals surface area (Å²) in [7, 11) is 0. The summed E-state index contributed by atoms with van der Waals surface area (Å²) < 4.78 is 0. The summed E-state index contributed by atoms with van der Waals surface area (Å²) in [6.45, 7) is 15.9. The lowest BCUT2D eigenvalue weighted by Crippen LogP contribution is -2.48. The Balaban J connectivity index is 2.06. The quantitative estimate of drug-likeness (QED) is 0.613. The Bertz CT molecular complexity index is 612. The van der Waals surface area contributed by atoms with E-state index in [9.17, 15) is 4.79 Å². The molecule has 1 aromatic carbocycles. The first-order valence-electron chi connectivity index (χ1n) is 10.4. The number of carbonyl (C=O) groups excluding carboxylic acids is 1. The third-order valence-electron chi connectivity index (χ3n) is 5.17. The van der Waals surface area contributed by atoms with Crippen molar-refractivity contribution in [3.8, 4) is 0 Å². The number of benzene rings is 1. The van der Waals surface area contributed by atoms with Gasteiger partial charge in [-0.2, -0.15) is 0 Å². The summed E-state index contributed by atoms with van der Waals surface area (Å²) in [6, 6.07) is 7.88. The molecule has 1 aromatic rings. The van der Waals surface area contributed by atoms with Gasteiger partial charge in [0.2, 0.25) is 0 Å². The molecule has 1 amide bonds. The maximum atomic E-state index is 12.4. The minimum atomic E-state index is 0.0969. The van der Waals surface area contributed by atoms with Gasteiger partial charge in [-0.25, -0.2) is 4.99 Å². The zero-order chi connectivity index (χ0) is 19.8. The molecule has 1 aliphatic rings. The number of carbonyl (C=O) groups is 1. The Morgan fingerprint density at radius 1 is 1.11 bits per heavy atom. The van der Waals surface area contributed by atoms with Gasteiger partial charge in [0.25, 0.3) is 5.91 Å². The molecule has 2 rings (SSSR count). The summed E-state index contributed by atoms with van der Waals surface area (Å²) in [4.78, 5) is 21.5. The molecule has 1 fully saturated rings. The van der Waals surface area contributed by atoms with Crippen LogP contribution in [0.1, 0.15) is 57.0 Å². The number of guanidine groups is 1. The van der Waals surface area contributed by atoms with Gasteiger partial charge < -0.3 is 15.1 Å². The number of hydrogen-bond acceptors (Lipinski definition) is 2. The Morgan fingerprint density at radius 2 is 1.70 bits per heavy atom. The molecule has 1 N–H and O–H groups in total. The summed E-state index contributed by atoms with van der Waals surface area (Å²) in [5.41, 5.74) is 1.87. The second kappa shape index (κ2) is 10.3. The van der Waals surface area contributed by atoms with Crippen LogP contribution in [-0.4, -0.2) is 54.4 Å². The fraction of sp³-hybridized carbons (Fsp3) is 0.636. The predicted octanol–water partition coefficient (Wildman–Crippen LogP) is 3.61. The van der Waals surface area contributed by atoms with E-state index < -0.39 is 0 Å². The third-order valence-corrected chi connectivity index (χ3v) is 5.17. The van der Waals surface area contributed by atoms with Crippen molar-refractivity contribution >= 4 is 11.9 Å². The maximum absolute atomic E-state index is 12.4. The Kier molecular flexibility index (Phi) is 8.14. The van der Waals surface area contributed by atoms with Crippen LogP contribution in [0.5, 0.6) is 0 Å². The Hall–Kier alpha value is -2.04. The number of amides is 1. The van der Waals surface area contributed by atoms with E-state index in [1.807, 2.05) is 43.0 Å². The lowest BCUT2D eigenvalue weighted by Gasteiger charge is -2.37. The molecule has 2 unspecified atom stereocenters. The average Bonchev–Trinajstić information content (AvgIpc) is 2.65. The van der Waals surface area contributed by atoms with E-state index in [1.165, 1.54) is 6.42 Å². The lowest BCUT2D eigenvalue weighted by atomic mass is 9.92. The molecular formula is C22H36N4O. The number of likely N-dealkylation sites (tertiary alicyclic amines) is 1. The van der Waals surface area contributed by atoms with Gasteiger partial charge in [-0.15, -0.1) is 0 Å². The molecule has 0 spiro atoms. The van der Waals surface area contributed by atoms with Crippen LogP contribution < -0.4 is 5.32 Å². The normalized spacial score (nSPS) is 20.5. The largest absolute Gasteiger partial charge is 0.357 e. The van der Waals surface area contributed by atoms with Crippen LogP contribution in [0.15, 0.2) is 29.3 Å². The average molecular weight is 373 g/mol. The van der Waals surface area contributed by atoms with Crippen molar-refractivity contribution in [1.82, 2.24) is 15.1 Å². The molecule has 1 heterocycles. The van der Waals surface area contributed by atoms with E-state index >= 15 is 0 Å². The van der Waals surface area contributed by atoms with Crippen molar-refractivity contribution in [1.29, 1.82) is 0 Å². The molecular weight excluding hydrogens is 336 g/mol. The van der Waals surface area contributed by atoms with Crippen LogP contribution >= 0.6 is 0 Å². The smallest absolute Gasteiger partial charge is 0.253 e. The van der Waals surface area contributed by atoms with Crippen molar-refractivity contribution < 1.29 is 4.79 Å². The van der Waals surface area contributed by atoms with E-state index in [0.29, 0.717) is 18.4 Å². The number of aliphatic imine (C=N–C) groups is 1. The molecule has 5 heteroatoms. The van der Waals surface area contributed by atoms with Gasteiger partial charge in [0, 0.05) is 38.3 Å². The third kappa shape index (κ3) is 5.98.